The molecule has 0 bridgehead atoms. The summed E-state index contributed by atoms with van der Waals surface area (Å²) in [4.78, 5) is 3.10. The first-order valence-electron chi connectivity index (χ1n) is 4.28. The molecule has 0 saturated heterocycles. The average molecular weight is 242 g/mol. The van der Waals surface area contributed by atoms with Gasteiger partial charge in [0, 0.05) is 5.56 Å². The third-order valence-electron chi connectivity index (χ3n) is 1.39. The lowest BCUT2D eigenvalue weighted by molar-refractivity contribution is -0.141. The predicted octanol–water partition coefficient (Wildman–Crippen LogP) is 3.27. The summed E-state index contributed by atoms with van der Waals surface area (Å²) in [6, 6.07) is 1.87. The van der Waals surface area contributed by atoms with Crippen LogP contribution < -0.4 is 0 Å². The van der Waals surface area contributed by atoms with Gasteiger partial charge in [0.25, 0.3) is 0 Å². The topological polar surface area (TPSA) is 33.1 Å². The van der Waals surface area contributed by atoms with Gasteiger partial charge in [-0.05, 0) is 6.07 Å². The lowest BCUT2D eigenvalue weighted by atomic mass is 10.2. The number of alkyl halides is 3. The highest BCUT2D eigenvalue weighted by atomic mass is 35.5. The van der Waals surface area contributed by atoms with Gasteiger partial charge in [-0.2, -0.15) is 13.2 Å². The van der Waals surface area contributed by atoms with E-state index in [-0.39, 0.29) is 10.7 Å². The van der Waals surface area contributed by atoms with Crippen molar-refractivity contribution in [1.82, 2.24) is 4.98 Å². The number of hydrogen-bond acceptors (Lipinski definition) is 2. The van der Waals surface area contributed by atoms with Crippen molar-refractivity contribution in [2.75, 3.05) is 0 Å². The first-order valence-corrected chi connectivity index (χ1v) is 4.66. The Hall–Kier alpha value is -0.810. The second-order valence-electron chi connectivity index (χ2n) is 2.30. The predicted molar refractivity (Wildman–Crippen MR) is 51.5 cm³/mol. The van der Waals surface area contributed by atoms with Gasteiger partial charge < -0.3 is 5.11 Å². The molecule has 0 fully saturated rings. The van der Waals surface area contributed by atoms with Crippen LogP contribution >= 0.6 is 11.6 Å². The normalized spacial score (nSPS) is 10.6. The zero-order valence-corrected chi connectivity index (χ0v) is 9.02. The van der Waals surface area contributed by atoms with Gasteiger partial charge in [-0.3, -0.25) is 0 Å². The fourth-order valence-corrected chi connectivity index (χ4v) is 0.953. The van der Waals surface area contributed by atoms with E-state index in [1.54, 1.807) is 0 Å². The molecule has 0 aliphatic rings. The van der Waals surface area contributed by atoms with Crippen LogP contribution in [0.3, 0.4) is 0 Å². The maximum Gasteiger partial charge on any atom is 0.433 e. The summed E-state index contributed by atoms with van der Waals surface area (Å²) in [7, 11) is 0. The molecule has 1 N–H and O–H groups in total. The standard InChI is InChI=1S/C7H5ClF3NO.C2H6/c8-6-4(3-13)1-2-5(12-6)7(9,10)11;1-2/h1-2,13H,3H2;1-2H3. The molecule has 1 heterocycles. The van der Waals surface area contributed by atoms with Crippen LogP contribution in [0.25, 0.3) is 0 Å². The molecular weight excluding hydrogens is 231 g/mol. The number of pyridine rings is 1. The summed E-state index contributed by atoms with van der Waals surface area (Å²) in [6.45, 7) is 3.57. The van der Waals surface area contributed by atoms with Crippen molar-refractivity contribution in [3.8, 4) is 0 Å². The molecule has 0 unspecified atom stereocenters. The number of hydrogen-bond donors (Lipinski definition) is 1. The fraction of sp³-hybridized carbons (Fsp3) is 0.444. The van der Waals surface area contributed by atoms with E-state index in [2.05, 4.69) is 4.98 Å². The molecule has 0 saturated carbocycles. The van der Waals surface area contributed by atoms with Gasteiger partial charge in [0.15, 0.2) is 0 Å². The third-order valence-corrected chi connectivity index (χ3v) is 1.71. The molecule has 1 rings (SSSR count). The SMILES string of the molecule is CC.OCc1ccc(C(F)(F)F)nc1Cl. The van der Waals surface area contributed by atoms with Crippen LogP contribution in [0, 0.1) is 0 Å². The van der Waals surface area contributed by atoms with Crippen LogP contribution in [0.2, 0.25) is 5.15 Å². The third kappa shape index (κ3) is 4.05. The molecule has 1 aromatic heterocycles. The van der Waals surface area contributed by atoms with E-state index < -0.39 is 18.5 Å². The number of aliphatic hydroxyl groups excluding tert-OH is 1. The van der Waals surface area contributed by atoms with Gasteiger partial charge in [0.1, 0.15) is 10.8 Å². The van der Waals surface area contributed by atoms with Gasteiger partial charge in [-0.1, -0.05) is 31.5 Å². The maximum absolute atomic E-state index is 12.0. The van der Waals surface area contributed by atoms with Crippen molar-refractivity contribution in [3.63, 3.8) is 0 Å². The molecule has 0 aliphatic carbocycles. The molecule has 2 nitrogen and oxygen atoms in total. The van der Waals surface area contributed by atoms with E-state index >= 15 is 0 Å². The molecule has 0 aromatic carbocycles. The quantitative estimate of drug-likeness (QED) is 0.766. The van der Waals surface area contributed by atoms with Crippen molar-refractivity contribution in [3.05, 3.63) is 28.5 Å². The zero-order chi connectivity index (χ0) is 12.1. The summed E-state index contributed by atoms with van der Waals surface area (Å²) in [5, 5.41) is 8.28. The molecule has 86 valence electrons. The van der Waals surface area contributed by atoms with Crippen molar-refractivity contribution in [2.45, 2.75) is 26.6 Å². The van der Waals surface area contributed by atoms with E-state index in [9.17, 15) is 13.2 Å². The number of rotatable bonds is 1. The van der Waals surface area contributed by atoms with E-state index in [0.29, 0.717) is 0 Å². The number of aliphatic hydroxyl groups is 1. The van der Waals surface area contributed by atoms with Gasteiger partial charge in [0.2, 0.25) is 0 Å². The van der Waals surface area contributed by atoms with Crippen molar-refractivity contribution < 1.29 is 18.3 Å². The molecule has 0 atom stereocenters. The minimum atomic E-state index is -4.50. The molecule has 15 heavy (non-hydrogen) atoms. The largest absolute Gasteiger partial charge is 0.433 e. The van der Waals surface area contributed by atoms with E-state index in [1.165, 1.54) is 0 Å². The Morgan fingerprint density at radius 1 is 1.33 bits per heavy atom. The van der Waals surface area contributed by atoms with Crippen molar-refractivity contribution >= 4 is 11.6 Å². The van der Waals surface area contributed by atoms with E-state index in [0.717, 1.165) is 12.1 Å². The van der Waals surface area contributed by atoms with Crippen LogP contribution in [-0.4, -0.2) is 10.1 Å². The first kappa shape index (κ1) is 14.2. The fourth-order valence-electron chi connectivity index (χ4n) is 0.739. The molecule has 0 aliphatic heterocycles. The van der Waals surface area contributed by atoms with Crippen LogP contribution in [0.4, 0.5) is 13.2 Å². The number of nitrogens with zero attached hydrogens (tertiary/aromatic N) is 1. The van der Waals surface area contributed by atoms with E-state index in [1.807, 2.05) is 13.8 Å². The van der Waals surface area contributed by atoms with Gasteiger partial charge >= 0.3 is 6.18 Å². The monoisotopic (exact) mass is 241 g/mol. The second-order valence-corrected chi connectivity index (χ2v) is 2.66. The smallest absolute Gasteiger partial charge is 0.392 e. The second kappa shape index (κ2) is 5.92. The lowest BCUT2D eigenvalue weighted by Gasteiger charge is -2.06. The van der Waals surface area contributed by atoms with Crippen molar-refractivity contribution in [2.24, 2.45) is 0 Å². The maximum atomic E-state index is 12.0. The molecule has 0 amide bonds. The minimum Gasteiger partial charge on any atom is -0.392 e. The molecule has 0 radical (unpaired) electrons. The van der Waals surface area contributed by atoms with Gasteiger partial charge in [-0.15, -0.1) is 0 Å². The Morgan fingerprint density at radius 2 is 1.87 bits per heavy atom. The molecular formula is C9H11ClF3NO. The molecule has 1 aromatic rings. The molecule has 0 spiro atoms. The zero-order valence-electron chi connectivity index (χ0n) is 8.27. The number of aromatic nitrogens is 1. The summed E-state index contributed by atoms with van der Waals surface area (Å²) >= 11 is 5.36. The van der Waals surface area contributed by atoms with Crippen LogP contribution in [-0.2, 0) is 12.8 Å². The van der Waals surface area contributed by atoms with Crippen LogP contribution in [0.5, 0.6) is 0 Å². The summed E-state index contributed by atoms with van der Waals surface area (Å²) in [6.07, 6.45) is -4.50. The minimum absolute atomic E-state index is 0.176. The highest BCUT2D eigenvalue weighted by molar-refractivity contribution is 6.30. The Kier molecular flexibility index (Phi) is 5.60. The van der Waals surface area contributed by atoms with Gasteiger partial charge in [-0.25, -0.2) is 4.98 Å². The summed E-state index contributed by atoms with van der Waals surface area (Å²) in [5.74, 6) is 0. The Balaban J connectivity index is 0.000000921. The average Bonchev–Trinajstić information content (AvgIpc) is 2.19. The van der Waals surface area contributed by atoms with Gasteiger partial charge in [0.05, 0.1) is 6.61 Å². The van der Waals surface area contributed by atoms with Crippen LogP contribution in [0.15, 0.2) is 12.1 Å². The number of halogens is 4. The Bertz CT molecular complexity index is 315. The Labute approximate surface area is 90.7 Å². The highest BCUT2D eigenvalue weighted by Gasteiger charge is 2.32. The molecule has 6 heteroatoms. The van der Waals surface area contributed by atoms with E-state index in [4.69, 9.17) is 16.7 Å². The highest BCUT2D eigenvalue weighted by Crippen LogP contribution is 2.29. The van der Waals surface area contributed by atoms with Crippen LogP contribution in [0.1, 0.15) is 25.1 Å². The van der Waals surface area contributed by atoms with Crippen molar-refractivity contribution in [1.29, 1.82) is 0 Å². The Morgan fingerprint density at radius 3 is 2.20 bits per heavy atom. The lowest BCUT2D eigenvalue weighted by Crippen LogP contribution is -2.08. The summed E-state index contributed by atoms with van der Waals surface area (Å²) in [5.41, 5.74) is -0.885. The first-order chi connectivity index (χ1) is 6.95. The summed E-state index contributed by atoms with van der Waals surface area (Å²) < 4.78 is 36.1.